The third-order valence-electron chi connectivity index (χ3n) is 5.66. The fraction of sp³-hybridized carbons (Fsp3) is 0.542. The Bertz CT molecular complexity index is 768. The normalized spacial score (nSPS) is 16.2. The first kappa shape index (κ1) is 22.4. The molecule has 2 aromatic rings. The lowest BCUT2D eigenvalue weighted by atomic mass is 10.1. The van der Waals surface area contributed by atoms with E-state index in [2.05, 4.69) is 71.7 Å². The minimum Gasteiger partial charge on any atom is -0.468 e. The van der Waals surface area contributed by atoms with E-state index in [0.717, 1.165) is 51.0 Å². The first-order valence-corrected chi connectivity index (χ1v) is 11.3. The summed E-state index contributed by atoms with van der Waals surface area (Å²) in [7, 11) is 2.15. The zero-order valence-electron chi connectivity index (χ0n) is 18.7. The number of nitrogens with one attached hydrogen (secondary N) is 2. The molecule has 1 saturated heterocycles. The van der Waals surface area contributed by atoms with Gasteiger partial charge in [-0.25, -0.2) is 4.99 Å². The van der Waals surface area contributed by atoms with Crippen LogP contribution in [0.3, 0.4) is 0 Å². The topological polar surface area (TPSA) is 56.0 Å². The molecule has 0 saturated carbocycles. The molecule has 6 heteroatoms. The molecule has 0 spiro atoms. The maximum atomic E-state index is 5.74. The zero-order valence-corrected chi connectivity index (χ0v) is 18.7. The molecule has 30 heavy (non-hydrogen) atoms. The molecule has 0 bridgehead atoms. The van der Waals surface area contributed by atoms with Crippen molar-refractivity contribution in [2.75, 3.05) is 39.8 Å². The van der Waals surface area contributed by atoms with E-state index >= 15 is 0 Å². The van der Waals surface area contributed by atoms with Gasteiger partial charge in [-0.3, -0.25) is 4.90 Å². The number of likely N-dealkylation sites (tertiary alicyclic amines) is 1. The monoisotopic (exact) mass is 411 g/mol. The summed E-state index contributed by atoms with van der Waals surface area (Å²) in [5.41, 5.74) is 2.56. The predicted molar refractivity (Wildman–Crippen MR) is 124 cm³/mol. The lowest BCUT2D eigenvalue weighted by Gasteiger charge is -2.26. The Kier molecular flexibility index (Phi) is 8.78. The number of rotatable bonds is 10. The lowest BCUT2D eigenvalue weighted by molar-refractivity contribution is 0.215. The van der Waals surface area contributed by atoms with Crippen molar-refractivity contribution in [3.05, 3.63) is 59.5 Å². The average molecular weight is 412 g/mol. The van der Waals surface area contributed by atoms with Gasteiger partial charge in [0.1, 0.15) is 5.76 Å². The van der Waals surface area contributed by atoms with Gasteiger partial charge in [-0.2, -0.15) is 0 Å². The molecular formula is C24H37N5O. The van der Waals surface area contributed by atoms with Crippen LogP contribution < -0.4 is 10.6 Å². The molecule has 0 aliphatic carbocycles. The van der Waals surface area contributed by atoms with Crippen molar-refractivity contribution in [2.45, 2.75) is 45.8 Å². The van der Waals surface area contributed by atoms with Gasteiger partial charge in [0.2, 0.25) is 0 Å². The minimum atomic E-state index is 0.235. The highest BCUT2D eigenvalue weighted by Gasteiger charge is 2.25. The molecule has 1 aromatic heterocycles. The van der Waals surface area contributed by atoms with Crippen molar-refractivity contribution < 1.29 is 4.42 Å². The molecule has 1 aromatic carbocycles. The van der Waals surface area contributed by atoms with Gasteiger partial charge in [-0.05, 0) is 69.7 Å². The molecule has 1 atom stereocenters. The van der Waals surface area contributed by atoms with Gasteiger partial charge in [0.15, 0.2) is 5.96 Å². The van der Waals surface area contributed by atoms with E-state index in [-0.39, 0.29) is 6.04 Å². The van der Waals surface area contributed by atoms with E-state index in [1.165, 1.54) is 24.0 Å². The summed E-state index contributed by atoms with van der Waals surface area (Å²) >= 11 is 0. The van der Waals surface area contributed by atoms with E-state index in [4.69, 9.17) is 9.41 Å². The fourth-order valence-corrected chi connectivity index (χ4v) is 3.90. The summed E-state index contributed by atoms with van der Waals surface area (Å²) in [5.74, 6) is 1.87. The summed E-state index contributed by atoms with van der Waals surface area (Å²) in [5, 5.41) is 6.92. The highest BCUT2D eigenvalue weighted by molar-refractivity contribution is 5.79. The van der Waals surface area contributed by atoms with Crippen LogP contribution in [-0.2, 0) is 13.1 Å². The average Bonchev–Trinajstić information content (AvgIpc) is 3.47. The van der Waals surface area contributed by atoms with E-state index in [0.29, 0.717) is 6.54 Å². The Labute approximate surface area is 181 Å². The number of guanidine groups is 1. The summed E-state index contributed by atoms with van der Waals surface area (Å²) < 4.78 is 5.74. The molecular weight excluding hydrogens is 374 g/mol. The number of benzene rings is 1. The van der Waals surface area contributed by atoms with Gasteiger partial charge >= 0.3 is 0 Å². The summed E-state index contributed by atoms with van der Waals surface area (Å²) in [6, 6.07) is 13.0. The molecule has 1 fully saturated rings. The maximum absolute atomic E-state index is 5.74. The molecule has 0 radical (unpaired) electrons. The highest BCUT2D eigenvalue weighted by atomic mass is 16.3. The molecule has 3 rings (SSSR count). The third kappa shape index (κ3) is 6.61. The summed E-state index contributed by atoms with van der Waals surface area (Å²) in [4.78, 5) is 9.65. The summed E-state index contributed by atoms with van der Waals surface area (Å²) in [6.45, 7) is 10.8. The quantitative estimate of drug-likeness (QED) is 0.462. The second-order valence-corrected chi connectivity index (χ2v) is 8.00. The van der Waals surface area contributed by atoms with Crippen molar-refractivity contribution in [1.82, 2.24) is 20.4 Å². The Hall–Kier alpha value is -2.31. The molecule has 164 valence electrons. The van der Waals surface area contributed by atoms with E-state index in [9.17, 15) is 0 Å². The Morgan fingerprint density at radius 3 is 2.63 bits per heavy atom. The second-order valence-electron chi connectivity index (χ2n) is 8.00. The van der Waals surface area contributed by atoms with Gasteiger partial charge in [0.25, 0.3) is 0 Å². The van der Waals surface area contributed by atoms with Gasteiger partial charge in [-0.15, -0.1) is 0 Å². The molecule has 1 aliphatic rings. The van der Waals surface area contributed by atoms with Gasteiger partial charge in [0.05, 0.1) is 18.8 Å². The fourth-order valence-electron chi connectivity index (χ4n) is 3.90. The van der Waals surface area contributed by atoms with Crippen molar-refractivity contribution in [3.8, 4) is 0 Å². The SMILES string of the molecule is CCNC(=NCc1cccc(CN(C)CC)c1)NCC(c1ccco1)N1CCCC1. The molecule has 0 amide bonds. The lowest BCUT2D eigenvalue weighted by Crippen LogP contribution is -2.42. The van der Waals surface area contributed by atoms with Crippen LogP contribution in [0.15, 0.2) is 52.1 Å². The summed E-state index contributed by atoms with van der Waals surface area (Å²) in [6.07, 6.45) is 4.28. The van der Waals surface area contributed by atoms with E-state index in [1.807, 2.05) is 6.07 Å². The number of aliphatic imine (C=N–C) groups is 1. The van der Waals surface area contributed by atoms with Crippen LogP contribution in [0.5, 0.6) is 0 Å². The Morgan fingerprint density at radius 2 is 1.93 bits per heavy atom. The second kappa shape index (κ2) is 11.8. The molecule has 1 unspecified atom stereocenters. The van der Waals surface area contributed by atoms with Crippen LogP contribution in [0, 0.1) is 0 Å². The molecule has 2 heterocycles. The third-order valence-corrected chi connectivity index (χ3v) is 5.66. The maximum Gasteiger partial charge on any atom is 0.191 e. The van der Waals surface area contributed by atoms with E-state index in [1.54, 1.807) is 6.26 Å². The smallest absolute Gasteiger partial charge is 0.191 e. The van der Waals surface area contributed by atoms with Gasteiger partial charge in [0, 0.05) is 19.6 Å². The van der Waals surface area contributed by atoms with Crippen molar-refractivity contribution >= 4 is 5.96 Å². The van der Waals surface area contributed by atoms with Crippen LogP contribution >= 0.6 is 0 Å². The van der Waals surface area contributed by atoms with Crippen LogP contribution in [0.25, 0.3) is 0 Å². The van der Waals surface area contributed by atoms with Crippen LogP contribution in [0.1, 0.15) is 49.6 Å². The number of nitrogens with zero attached hydrogens (tertiary/aromatic N) is 3. The Morgan fingerprint density at radius 1 is 1.13 bits per heavy atom. The molecule has 6 nitrogen and oxygen atoms in total. The molecule has 2 N–H and O–H groups in total. The van der Waals surface area contributed by atoms with Gasteiger partial charge in [-0.1, -0.05) is 31.2 Å². The predicted octanol–water partition coefficient (Wildman–Crippen LogP) is 3.62. The van der Waals surface area contributed by atoms with Crippen molar-refractivity contribution in [2.24, 2.45) is 4.99 Å². The molecule has 1 aliphatic heterocycles. The number of furan rings is 1. The highest BCUT2D eigenvalue weighted by Crippen LogP contribution is 2.24. The van der Waals surface area contributed by atoms with Crippen molar-refractivity contribution in [3.63, 3.8) is 0 Å². The Balaban J connectivity index is 1.63. The number of hydrogen-bond donors (Lipinski definition) is 2. The number of hydrogen-bond acceptors (Lipinski definition) is 4. The largest absolute Gasteiger partial charge is 0.468 e. The first-order valence-electron chi connectivity index (χ1n) is 11.3. The standard InChI is InChI=1S/C24H37N5O/c1-4-25-24(26-17-20-10-8-11-21(16-20)19-28(3)5-2)27-18-22(23-12-9-15-30-23)29-13-6-7-14-29/h8-12,15-16,22H,4-7,13-14,17-19H2,1-3H3,(H2,25,26,27). The van der Waals surface area contributed by atoms with Crippen LogP contribution in [-0.4, -0.2) is 55.5 Å². The van der Waals surface area contributed by atoms with Gasteiger partial charge < -0.3 is 20.0 Å². The van der Waals surface area contributed by atoms with Crippen LogP contribution in [0.2, 0.25) is 0 Å². The van der Waals surface area contributed by atoms with Crippen molar-refractivity contribution in [1.29, 1.82) is 0 Å². The van der Waals surface area contributed by atoms with Crippen LogP contribution in [0.4, 0.5) is 0 Å². The minimum absolute atomic E-state index is 0.235. The first-order chi connectivity index (χ1) is 14.7. The van der Waals surface area contributed by atoms with E-state index < -0.39 is 0 Å². The zero-order chi connectivity index (χ0) is 21.2.